The number of hydrogen-bond acceptors (Lipinski definition) is 4. The molecule has 16 heavy (non-hydrogen) atoms. The molecule has 0 saturated carbocycles. The maximum atomic E-state index is 6.01. The normalized spacial score (nSPS) is 10.4. The molecule has 0 radical (unpaired) electrons. The first-order valence-electron chi connectivity index (χ1n) is 4.37. The lowest BCUT2D eigenvalue weighted by Crippen LogP contribution is -1.94. The van der Waals surface area contributed by atoms with E-state index in [1.54, 1.807) is 0 Å². The van der Waals surface area contributed by atoms with Crippen LogP contribution >= 0.6 is 39.3 Å². The summed E-state index contributed by atoms with van der Waals surface area (Å²) in [5.74, 6) is 0.297. The molecule has 0 fully saturated rings. The van der Waals surface area contributed by atoms with Crippen LogP contribution in [0.5, 0.6) is 0 Å². The van der Waals surface area contributed by atoms with Gasteiger partial charge in [0.25, 0.3) is 0 Å². The van der Waals surface area contributed by atoms with Crippen molar-refractivity contribution in [3.05, 3.63) is 40.1 Å². The van der Waals surface area contributed by atoms with E-state index in [4.69, 9.17) is 17.3 Å². The van der Waals surface area contributed by atoms with Gasteiger partial charge in [-0.15, -0.1) is 0 Å². The molecule has 0 amide bonds. The maximum absolute atomic E-state index is 6.01. The number of nitrogen functional groups attached to an aromatic ring is 1. The number of nitrogens with zero attached hydrogens (tertiary/aromatic N) is 2. The van der Waals surface area contributed by atoms with Crippen LogP contribution in [-0.2, 0) is 0 Å². The third-order valence-corrected chi connectivity index (χ3v) is 4.35. The highest BCUT2D eigenvalue weighted by Crippen LogP contribution is 2.36. The minimum atomic E-state index is 0.297. The molecule has 2 aromatic rings. The lowest BCUT2D eigenvalue weighted by atomic mass is 10.4. The minimum Gasteiger partial charge on any atom is -0.382 e. The van der Waals surface area contributed by atoms with Crippen LogP contribution in [-0.4, -0.2) is 9.97 Å². The van der Waals surface area contributed by atoms with E-state index < -0.39 is 0 Å². The molecular formula is C10H7BrClN3S. The van der Waals surface area contributed by atoms with Crippen molar-refractivity contribution in [2.45, 2.75) is 9.92 Å². The number of nitrogens with two attached hydrogens (primary N) is 1. The molecule has 2 rings (SSSR count). The summed E-state index contributed by atoms with van der Waals surface area (Å²) >= 11 is 10.9. The van der Waals surface area contributed by atoms with Crippen molar-refractivity contribution >= 4 is 45.1 Å². The van der Waals surface area contributed by atoms with E-state index in [1.807, 2.05) is 24.3 Å². The Kier molecular flexibility index (Phi) is 3.68. The quantitative estimate of drug-likeness (QED) is 0.860. The Morgan fingerprint density at radius 1 is 1.25 bits per heavy atom. The van der Waals surface area contributed by atoms with Crippen molar-refractivity contribution in [1.29, 1.82) is 0 Å². The zero-order valence-electron chi connectivity index (χ0n) is 8.02. The van der Waals surface area contributed by atoms with E-state index in [0.717, 1.165) is 9.37 Å². The van der Waals surface area contributed by atoms with Crippen LogP contribution in [0.1, 0.15) is 0 Å². The third kappa shape index (κ3) is 2.48. The van der Waals surface area contributed by atoms with Crippen molar-refractivity contribution in [3.63, 3.8) is 0 Å². The van der Waals surface area contributed by atoms with E-state index in [-0.39, 0.29) is 0 Å². The van der Waals surface area contributed by atoms with Gasteiger partial charge in [-0.05, 0) is 28.1 Å². The van der Waals surface area contributed by atoms with Gasteiger partial charge in [0, 0.05) is 9.37 Å². The summed E-state index contributed by atoms with van der Waals surface area (Å²) in [6, 6.07) is 7.83. The van der Waals surface area contributed by atoms with Crippen LogP contribution in [0.2, 0.25) is 5.02 Å². The van der Waals surface area contributed by atoms with Crippen molar-refractivity contribution in [3.8, 4) is 0 Å². The van der Waals surface area contributed by atoms with Crippen LogP contribution < -0.4 is 5.73 Å². The molecule has 1 aromatic heterocycles. The summed E-state index contributed by atoms with van der Waals surface area (Å²) in [6.07, 6.45) is 1.40. The SMILES string of the molecule is Nc1ncnc(Sc2ccccc2Br)c1Cl. The number of aromatic nitrogens is 2. The van der Waals surface area contributed by atoms with Gasteiger partial charge in [0.05, 0.1) is 0 Å². The van der Waals surface area contributed by atoms with Crippen molar-refractivity contribution < 1.29 is 0 Å². The van der Waals surface area contributed by atoms with E-state index in [1.165, 1.54) is 18.1 Å². The Labute approximate surface area is 111 Å². The van der Waals surface area contributed by atoms with Gasteiger partial charge in [-0.1, -0.05) is 35.5 Å². The minimum absolute atomic E-state index is 0.297. The molecule has 0 aliphatic carbocycles. The molecule has 0 saturated heterocycles. The Morgan fingerprint density at radius 3 is 2.75 bits per heavy atom. The Hall–Kier alpha value is -0.780. The summed E-state index contributed by atoms with van der Waals surface area (Å²) in [5, 5.41) is 1.05. The molecule has 3 nitrogen and oxygen atoms in total. The Balaban J connectivity index is 2.35. The number of anilines is 1. The highest BCUT2D eigenvalue weighted by atomic mass is 79.9. The zero-order valence-corrected chi connectivity index (χ0v) is 11.2. The molecular weight excluding hydrogens is 310 g/mol. The lowest BCUT2D eigenvalue weighted by Gasteiger charge is -2.05. The van der Waals surface area contributed by atoms with Crippen LogP contribution in [0.15, 0.2) is 45.0 Å². The van der Waals surface area contributed by atoms with Crippen LogP contribution in [0.3, 0.4) is 0 Å². The Bertz CT molecular complexity index is 521. The van der Waals surface area contributed by atoms with Gasteiger partial charge in [0.2, 0.25) is 0 Å². The number of rotatable bonds is 2. The molecule has 0 spiro atoms. The van der Waals surface area contributed by atoms with Gasteiger partial charge >= 0.3 is 0 Å². The van der Waals surface area contributed by atoms with Crippen LogP contribution in [0, 0.1) is 0 Å². The van der Waals surface area contributed by atoms with E-state index in [9.17, 15) is 0 Å². The molecule has 2 N–H and O–H groups in total. The lowest BCUT2D eigenvalue weighted by molar-refractivity contribution is 1.05. The second kappa shape index (κ2) is 5.03. The van der Waals surface area contributed by atoms with Gasteiger partial charge in [-0.3, -0.25) is 0 Å². The Morgan fingerprint density at radius 2 is 2.00 bits per heavy atom. The fraction of sp³-hybridized carbons (Fsp3) is 0. The highest BCUT2D eigenvalue weighted by Gasteiger charge is 2.09. The molecule has 82 valence electrons. The highest BCUT2D eigenvalue weighted by molar-refractivity contribution is 9.10. The second-order valence-corrected chi connectivity index (χ2v) is 5.17. The number of hydrogen-bond donors (Lipinski definition) is 1. The summed E-state index contributed by atoms with van der Waals surface area (Å²) in [4.78, 5) is 8.94. The third-order valence-electron chi connectivity index (χ3n) is 1.83. The standard InChI is InChI=1S/C10H7BrClN3S/c11-6-3-1-2-4-7(6)16-10-8(12)9(13)14-5-15-10/h1-5H,(H2,13,14,15). The average Bonchev–Trinajstić information content (AvgIpc) is 2.28. The van der Waals surface area contributed by atoms with Gasteiger partial charge in [-0.2, -0.15) is 0 Å². The first-order chi connectivity index (χ1) is 7.68. The number of halogens is 2. The average molecular weight is 317 g/mol. The molecule has 0 unspecified atom stereocenters. The molecule has 1 heterocycles. The smallest absolute Gasteiger partial charge is 0.146 e. The summed E-state index contributed by atoms with van der Waals surface area (Å²) in [5.41, 5.74) is 5.60. The van der Waals surface area contributed by atoms with Gasteiger partial charge in [-0.25, -0.2) is 9.97 Å². The van der Waals surface area contributed by atoms with Crippen LogP contribution in [0.25, 0.3) is 0 Å². The monoisotopic (exact) mass is 315 g/mol. The first kappa shape index (κ1) is 11.7. The maximum Gasteiger partial charge on any atom is 0.146 e. The van der Waals surface area contributed by atoms with E-state index in [0.29, 0.717) is 15.9 Å². The molecule has 0 aliphatic heterocycles. The number of benzene rings is 1. The van der Waals surface area contributed by atoms with Gasteiger partial charge in [0.1, 0.15) is 22.2 Å². The predicted molar refractivity (Wildman–Crippen MR) is 69.7 cm³/mol. The largest absolute Gasteiger partial charge is 0.382 e. The van der Waals surface area contributed by atoms with Crippen LogP contribution in [0.4, 0.5) is 5.82 Å². The van der Waals surface area contributed by atoms with Crippen molar-refractivity contribution in [2.24, 2.45) is 0 Å². The predicted octanol–water partition coefficient (Wildman–Crippen LogP) is 3.63. The van der Waals surface area contributed by atoms with Crippen molar-refractivity contribution in [2.75, 3.05) is 5.73 Å². The molecule has 1 aromatic carbocycles. The van der Waals surface area contributed by atoms with E-state index >= 15 is 0 Å². The van der Waals surface area contributed by atoms with Gasteiger partial charge in [0.15, 0.2) is 0 Å². The summed E-state index contributed by atoms with van der Waals surface area (Å²) in [7, 11) is 0. The topological polar surface area (TPSA) is 51.8 Å². The summed E-state index contributed by atoms with van der Waals surface area (Å²) < 4.78 is 0.994. The fourth-order valence-corrected chi connectivity index (χ4v) is 2.62. The molecule has 0 aliphatic rings. The van der Waals surface area contributed by atoms with Crippen molar-refractivity contribution in [1.82, 2.24) is 9.97 Å². The molecule has 6 heteroatoms. The molecule has 0 bridgehead atoms. The van der Waals surface area contributed by atoms with E-state index in [2.05, 4.69) is 25.9 Å². The first-order valence-corrected chi connectivity index (χ1v) is 6.35. The summed E-state index contributed by atoms with van der Waals surface area (Å²) in [6.45, 7) is 0. The zero-order chi connectivity index (χ0) is 11.5. The molecule has 0 atom stereocenters. The fourth-order valence-electron chi connectivity index (χ4n) is 1.07. The second-order valence-electron chi connectivity index (χ2n) is 2.91. The van der Waals surface area contributed by atoms with Gasteiger partial charge < -0.3 is 5.73 Å².